The molecule has 4 rings (SSSR count). The van der Waals surface area contributed by atoms with E-state index in [2.05, 4.69) is 21.6 Å². The highest BCUT2D eigenvalue weighted by Gasteiger charge is 2.27. The minimum atomic E-state index is -0.400. The van der Waals surface area contributed by atoms with Gasteiger partial charge in [-0.2, -0.15) is 0 Å². The van der Waals surface area contributed by atoms with Crippen molar-refractivity contribution in [3.8, 4) is 5.75 Å². The molecule has 2 heterocycles. The molecule has 1 unspecified atom stereocenters. The standard InChI is InChI=1S/C25H30N4O4S2/c1-14-10-11-18(15(2)12-14)33-16(3)22-27-28-25(29(22)4)34-13-20(30)26-23-21(24(31)32-5)17-8-6-7-9-19(17)35-23/h10-12,16H,6-9,13H2,1-5H3,(H,26,30). The largest absolute Gasteiger partial charge is 0.482 e. The van der Waals surface area contributed by atoms with Gasteiger partial charge in [0.15, 0.2) is 17.1 Å². The van der Waals surface area contributed by atoms with Gasteiger partial charge in [-0.05, 0) is 63.6 Å². The first-order valence-corrected chi connectivity index (χ1v) is 13.4. The fourth-order valence-electron chi connectivity index (χ4n) is 4.25. The van der Waals surface area contributed by atoms with E-state index in [1.807, 2.05) is 44.5 Å². The summed E-state index contributed by atoms with van der Waals surface area (Å²) in [6.45, 7) is 5.99. The number of thioether (sulfide) groups is 1. The van der Waals surface area contributed by atoms with Crippen molar-refractivity contribution in [1.29, 1.82) is 0 Å². The highest BCUT2D eigenvalue weighted by Crippen LogP contribution is 2.38. The molecule has 1 aliphatic rings. The number of aryl methyl sites for hydroxylation is 3. The van der Waals surface area contributed by atoms with Crippen LogP contribution < -0.4 is 10.1 Å². The summed E-state index contributed by atoms with van der Waals surface area (Å²) in [5.74, 6) is 1.01. The molecule has 1 N–H and O–H groups in total. The van der Waals surface area contributed by atoms with Crippen LogP contribution in [0.5, 0.6) is 5.75 Å². The molecule has 2 aromatic heterocycles. The molecule has 1 amide bonds. The van der Waals surface area contributed by atoms with Gasteiger partial charge in [0.2, 0.25) is 5.91 Å². The van der Waals surface area contributed by atoms with Gasteiger partial charge in [0.05, 0.1) is 18.4 Å². The lowest BCUT2D eigenvalue weighted by Crippen LogP contribution is -2.17. The van der Waals surface area contributed by atoms with Gasteiger partial charge in [-0.25, -0.2) is 4.79 Å². The minimum absolute atomic E-state index is 0.140. The maximum Gasteiger partial charge on any atom is 0.341 e. The van der Waals surface area contributed by atoms with E-state index in [9.17, 15) is 9.59 Å². The maximum atomic E-state index is 12.8. The number of benzene rings is 1. The topological polar surface area (TPSA) is 95.3 Å². The predicted molar refractivity (Wildman–Crippen MR) is 138 cm³/mol. The van der Waals surface area contributed by atoms with Crippen molar-refractivity contribution in [2.75, 3.05) is 18.2 Å². The monoisotopic (exact) mass is 514 g/mol. The van der Waals surface area contributed by atoms with Gasteiger partial charge in [0, 0.05) is 11.9 Å². The van der Waals surface area contributed by atoms with Gasteiger partial charge in [0.25, 0.3) is 0 Å². The van der Waals surface area contributed by atoms with E-state index < -0.39 is 5.97 Å². The molecule has 1 aromatic carbocycles. The lowest BCUT2D eigenvalue weighted by molar-refractivity contribution is -0.113. The van der Waals surface area contributed by atoms with E-state index in [0.717, 1.165) is 47.4 Å². The quantitative estimate of drug-likeness (QED) is 0.333. The Kier molecular flexibility index (Phi) is 7.81. The molecule has 0 aliphatic heterocycles. The van der Waals surface area contributed by atoms with Crippen molar-refractivity contribution in [3.63, 3.8) is 0 Å². The summed E-state index contributed by atoms with van der Waals surface area (Å²) in [5, 5.41) is 12.6. The number of hydrogen-bond donors (Lipinski definition) is 1. The normalized spacial score (nSPS) is 13.7. The van der Waals surface area contributed by atoms with Crippen LogP contribution in [0.4, 0.5) is 5.00 Å². The molecule has 0 bridgehead atoms. The Hall–Kier alpha value is -2.85. The molecule has 0 saturated carbocycles. The van der Waals surface area contributed by atoms with Crippen molar-refractivity contribution >= 4 is 40.0 Å². The van der Waals surface area contributed by atoms with E-state index in [1.54, 1.807) is 0 Å². The van der Waals surface area contributed by atoms with Crippen molar-refractivity contribution in [2.45, 2.75) is 57.7 Å². The zero-order valence-corrected chi connectivity index (χ0v) is 22.3. The second-order valence-electron chi connectivity index (χ2n) is 8.67. The van der Waals surface area contributed by atoms with Gasteiger partial charge >= 0.3 is 5.97 Å². The SMILES string of the molecule is COC(=O)c1c(NC(=O)CSc2nnc(C(C)Oc3ccc(C)cc3C)n2C)sc2c1CCCC2. The molecule has 0 spiro atoms. The maximum absolute atomic E-state index is 12.8. The lowest BCUT2D eigenvalue weighted by atomic mass is 9.95. The van der Waals surface area contributed by atoms with Gasteiger partial charge in [-0.3, -0.25) is 4.79 Å². The molecule has 3 aromatic rings. The summed E-state index contributed by atoms with van der Waals surface area (Å²) in [6.07, 6.45) is 3.59. The fourth-order valence-corrected chi connectivity index (χ4v) is 6.26. The average Bonchev–Trinajstić information content (AvgIpc) is 3.38. The summed E-state index contributed by atoms with van der Waals surface area (Å²) in [6, 6.07) is 6.05. The Morgan fingerprint density at radius 3 is 2.74 bits per heavy atom. The Labute approximate surface area is 213 Å². The van der Waals surface area contributed by atoms with Crippen LogP contribution in [0.25, 0.3) is 0 Å². The number of ether oxygens (including phenoxy) is 2. The van der Waals surface area contributed by atoms with Crippen LogP contribution in [0.15, 0.2) is 23.4 Å². The summed E-state index contributed by atoms with van der Waals surface area (Å²) < 4.78 is 12.9. The molecule has 0 saturated heterocycles. The number of esters is 1. The van der Waals surface area contributed by atoms with E-state index >= 15 is 0 Å². The number of thiophene rings is 1. The number of anilines is 1. The molecule has 1 atom stereocenters. The summed E-state index contributed by atoms with van der Waals surface area (Å²) in [5.41, 5.74) is 3.77. The highest BCUT2D eigenvalue weighted by molar-refractivity contribution is 7.99. The third kappa shape index (κ3) is 5.54. The predicted octanol–water partition coefficient (Wildman–Crippen LogP) is 5.03. The molecule has 0 radical (unpaired) electrons. The number of fused-ring (bicyclic) bond motifs is 1. The third-order valence-corrected chi connectivity index (χ3v) is 8.24. The fraction of sp³-hybridized carbons (Fsp3) is 0.440. The van der Waals surface area contributed by atoms with E-state index in [0.29, 0.717) is 21.5 Å². The Morgan fingerprint density at radius 1 is 1.23 bits per heavy atom. The van der Waals surface area contributed by atoms with Gasteiger partial charge in [-0.15, -0.1) is 21.5 Å². The number of hydrogen-bond acceptors (Lipinski definition) is 8. The molecule has 35 heavy (non-hydrogen) atoms. The summed E-state index contributed by atoms with van der Waals surface area (Å²) in [4.78, 5) is 26.3. The van der Waals surface area contributed by atoms with Gasteiger partial charge in [0.1, 0.15) is 10.8 Å². The Balaban J connectivity index is 1.40. The Bertz CT molecular complexity index is 1250. The highest BCUT2D eigenvalue weighted by atomic mass is 32.2. The number of carbonyl (C=O) groups excluding carboxylic acids is 2. The summed E-state index contributed by atoms with van der Waals surface area (Å²) in [7, 11) is 3.23. The van der Waals surface area contributed by atoms with E-state index in [4.69, 9.17) is 9.47 Å². The van der Waals surface area contributed by atoms with Crippen LogP contribution in [0.1, 0.15) is 63.6 Å². The molecule has 10 heteroatoms. The molecular formula is C25H30N4O4S2. The molecule has 186 valence electrons. The zero-order chi connectivity index (χ0) is 25.1. The van der Waals surface area contributed by atoms with Crippen LogP contribution >= 0.6 is 23.1 Å². The average molecular weight is 515 g/mol. The van der Waals surface area contributed by atoms with Crippen LogP contribution in [-0.4, -0.2) is 39.5 Å². The third-order valence-electron chi connectivity index (χ3n) is 6.01. The van der Waals surface area contributed by atoms with Crippen LogP contribution in [0.2, 0.25) is 0 Å². The molecule has 1 aliphatic carbocycles. The van der Waals surface area contributed by atoms with Gasteiger partial charge < -0.3 is 19.4 Å². The van der Waals surface area contributed by atoms with Gasteiger partial charge in [-0.1, -0.05) is 29.5 Å². The first-order valence-electron chi connectivity index (χ1n) is 11.6. The van der Waals surface area contributed by atoms with Crippen molar-refractivity contribution in [3.05, 3.63) is 51.2 Å². The van der Waals surface area contributed by atoms with Crippen molar-refractivity contribution < 1.29 is 19.1 Å². The van der Waals surface area contributed by atoms with Crippen LogP contribution in [0.3, 0.4) is 0 Å². The first-order chi connectivity index (χ1) is 16.8. The molecule has 8 nitrogen and oxygen atoms in total. The summed E-state index contributed by atoms with van der Waals surface area (Å²) >= 11 is 2.77. The number of amides is 1. The molecular weight excluding hydrogens is 484 g/mol. The van der Waals surface area contributed by atoms with Crippen LogP contribution in [-0.2, 0) is 29.4 Å². The zero-order valence-electron chi connectivity index (χ0n) is 20.6. The number of nitrogens with one attached hydrogen (secondary N) is 1. The lowest BCUT2D eigenvalue weighted by Gasteiger charge is -2.16. The number of carbonyl (C=O) groups is 2. The second kappa shape index (κ2) is 10.8. The van der Waals surface area contributed by atoms with E-state index in [-0.39, 0.29) is 17.8 Å². The first kappa shape index (κ1) is 25.2. The van der Waals surface area contributed by atoms with E-state index in [1.165, 1.54) is 35.8 Å². The second-order valence-corrected chi connectivity index (χ2v) is 10.7. The van der Waals surface area contributed by atoms with Crippen molar-refractivity contribution in [1.82, 2.24) is 14.8 Å². The smallest absolute Gasteiger partial charge is 0.341 e. The molecule has 0 fully saturated rings. The minimum Gasteiger partial charge on any atom is -0.482 e. The number of methoxy groups -OCH3 is 1. The van der Waals surface area contributed by atoms with Crippen LogP contribution in [0, 0.1) is 13.8 Å². The number of nitrogens with zero attached hydrogens (tertiary/aromatic N) is 3. The number of rotatable bonds is 8. The number of aromatic nitrogens is 3. The van der Waals surface area contributed by atoms with Crippen molar-refractivity contribution in [2.24, 2.45) is 7.05 Å². The Morgan fingerprint density at radius 2 is 2.00 bits per heavy atom.